The zero-order valence-corrected chi connectivity index (χ0v) is 11.5. The lowest BCUT2D eigenvalue weighted by Crippen LogP contribution is -1.94. The fourth-order valence-corrected chi connectivity index (χ4v) is 1.98. The molecular weight excluding hydrogens is 272 g/mol. The summed E-state index contributed by atoms with van der Waals surface area (Å²) in [7, 11) is 2.92. The van der Waals surface area contributed by atoms with Gasteiger partial charge in [-0.3, -0.25) is 0 Å². The van der Waals surface area contributed by atoms with Crippen molar-refractivity contribution in [3.63, 3.8) is 0 Å². The minimum Gasteiger partial charge on any atom is -0.497 e. The van der Waals surface area contributed by atoms with Crippen molar-refractivity contribution in [2.24, 2.45) is 0 Å². The van der Waals surface area contributed by atoms with Crippen LogP contribution in [0.2, 0.25) is 0 Å². The summed E-state index contributed by atoms with van der Waals surface area (Å²) in [5.74, 6) is 0.288. The van der Waals surface area contributed by atoms with E-state index in [2.05, 4.69) is 20.0 Å². The summed E-state index contributed by atoms with van der Waals surface area (Å²) in [4.78, 5) is 15.5. The molecule has 0 atom stereocenters. The number of esters is 1. The monoisotopic (exact) mass is 284 g/mol. The van der Waals surface area contributed by atoms with Crippen LogP contribution in [0.4, 0.5) is 0 Å². The molecule has 0 aliphatic heterocycles. The second kappa shape index (κ2) is 5.20. The summed E-state index contributed by atoms with van der Waals surface area (Å²) < 4.78 is 11.3. The molecule has 0 saturated carbocycles. The summed E-state index contributed by atoms with van der Waals surface area (Å²) in [6, 6.07) is 5.59. The average molecular weight is 284 g/mol. The molecule has 1 aromatic carbocycles. The second-order valence-electron chi connectivity index (χ2n) is 4.25. The Morgan fingerprint density at radius 3 is 2.95 bits per heavy atom. The van der Waals surface area contributed by atoms with Crippen LogP contribution in [0.3, 0.4) is 0 Å². The SMILES string of the molecule is COC(=O)/C=C/c1nnn2c1ncc1cc(OC)ccc12. The number of aromatic nitrogens is 4. The highest BCUT2D eigenvalue weighted by atomic mass is 16.5. The zero-order valence-electron chi connectivity index (χ0n) is 11.5. The van der Waals surface area contributed by atoms with Crippen molar-refractivity contribution in [3.05, 3.63) is 36.2 Å². The van der Waals surface area contributed by atoms with E-state index >= 15 is 0 Å². The molecule has 0 N–H and O–H groups in total. The molecule has 21 heavy (non-hydrogen) atoms. The van der Waals surface area contributed by atoms with E-state index in [0.29, 0.717) is 11.3 Å². The van der Waals surface area contributed by atoms with E-state index in [1.165, 1.54) is 19.3 Å². The van der Waals surface area contributed by atoms with Gasteiger partial charge in [-0.25, -0.2) is 9.78 Å². The van der Waals surface area contributed by atoms with Crippen LogP contribution in [0.5, 0.6) is 5.75 Å². The van der Waals surface area contributed by atoms with Crippen molar-refractivity contribution in [2.45, 2.75) is 0 Å². The molecule has 0 fully saturated rings. The van der Waals surface area contributed by atoms with Gasteiger partial charge in [0.25, 0.3) is 0 Å². The molecule has 0 bridgehead atoms. The molecule has 7 heteroatoms. The minimum absolute atomic E-state index is 0.457. The van der Waals surface area contributed by atoms with Gasteiger partial charge in [-0.1, -0.05) is 5.21 Å². The van der Waals surface area contributed by atoms with Gasteiger partial charge in [-0.2, -0.15) is 4.52 Å². The van der Waals surface area contributed by atoms with Crippen molar-refractivity contribution in [1.82, 2.24) is 19.8 Å². The first-order valence-electron chi connectivity index (χ1n) is 6.17. The topological polar surface area (TPSA) is 78.6 Å². The standard InChI is InChI=1S/C14H12N4O3/c1-20-10-3-5-12-9(7-10)8-15-14-11(16-17-18(12)14)4-6-13(19)21-2/h3-8H,1-2H3/b6-4+. The van der Waals surface area contributed by atoms with Gasteiger partial charge in [-0.15, -0.1) is 5.10 Å². The highest BCUT2D eigenvalue weighted by Crippen LogP contribution is 2.21. The summed E-state index contributed by atoms with van der Waals surface area (Å²) in [5, 5.41) is 8.97. The Labute approximate surface area is 119 Å². The van der Waals surface area contributed by atoms with Gasteiger partial charge < -0.3 is 9.47 Å². The number of carbonyl (C=O) groups excluding carboxylic acids is 1. The number of fused-ring (bicyclic) bond motifs is 3. The molecule has 3 rings (SSSR count). The highest BCUT2D eigenvalue weighted by molar-refractivity contribution is 5.88. The third-order valence-corrected chi connectivity index (χ3v) is 3.04. The summed E-state index contributed by atoms with van der Waals surface area (Å²) in [6.45, 7) is 0. The van der Waals surface area contributed by atoms with Crippen LogP contribution in [-0.2, 0) is 9.53 Å². The smallest absolute Gasteiger partial charge is 0.330 e. The maximum atomic E-state index is 11.1. The molecule has 0 spiro atoms. The lowest BCUT2D eigenvalue weighted by Gasteiger charge is -2.03. The van der Waals surface area contributed by atoms with Gasteiger partial charge >= 0.3 is 5.97 Å². The maximum absolute atomic E-state index is 11.1. The Morgan fingerprint density at radius 2 is 2.19 bits per heavy atom. The fraction of sp³-hybridized carbons (Fsp3) is 0.143. The van der Waals surface area contributed by atoms with E-state index in [-0.39, 0.29) is 0 Å². The highest BCUT2D eigenvalue weighted by Gasteiger charge is 2.09. The van der Waals surface area contributed by atoms with Crippen molar-refractivity contribution in [2.75, 3.05) is 14.2 Å². The number of rotatable bonds is 3. The molecule has 7 nitrogen and oxygen atoms in total. The molecule has 0 amide bonds. The predicted molar refractivity (Wildman–Crippen MR) is 75.9 cm³/mol. The van der Waals surface area contributed by atoms with E-state index in [1.807, 2.05) is 18.2 Å². The summed E-state index contributed by atoms with van der Waals surface area (Å²) in [6.07, 6.45) is 4.52. The Hall–Kier alpha value is -2.96. The van der Waals surface area contributed by atoms with E-state index in [1.54, 1.807) is 17.8 Å². The van der Waals surface area contributed by atoms with E-state index < -0.39 is 5.97 Å². The van der Waals surface area contributed by atoms with Crippen LogP contribution in [0.25, 0.3) is 22.6 Å². The lowest BCUT2D eigenvalue weighted by molar-refractivity contribution is -0.134. The van der Waals surface area contributed by atoms with E-state index in [9.17, 15) is 4.79 Å². The van der Waals surface area contributed by atoms with Crippen LogP contribution in [-0.4, -0.2) is 40.0 Å². The van der Waals surface area contributed by atoms with Crippen LogP contribution in [0.15, 0.2) is 30.5 Å². The van der Waals surface area contributed by atoms with Gasteiger partial charge in [0.2, 0.25) is 0 Å². The summed E-state index contributed by atoms with van der Waals surface area (Å²) in [5.41, 5.74) is 1.91. The number of methoxy groups -OCH3 is 2. The normalized spacial score (nSPS) is 11.3. The first-order chi connectivity index (χ1) is 10.2. The van der Waals surface area contributed by atoms with E-state index in [0.717, 1.165) is 16.7 Å². The van der Waals surface area contributed by atoms with E-state index in [4.69, 9.17) is 4.74 Å². The number of ether oxygens (including phenoxy) is 2. The maximum Gasteiger partial charge on any atom is 0.330 e. The second-order valence-corrected chi connectivity index (χ2v) is 4.25. The number of hydrogen-bond donors (Lipinski definition) is 0. The fourth-order valence-electron chi connectivity index (χ4n) is 1.98. The Morgan fingerprint density at radius 1 is 1.33 bits per heavy atom. The van der Waals surface area contributed by atoms with Gasteiger partial charge in [0, 0.05) is 17.7 Å². The number of benzene rings is 1. The van der Waals surface area contributed by atoms with Crippen molar-refractivity contribution in [1.29, 1.82) is 0 Å². The lowest BCUT2D eigenvalue weighted by atomic mass is 10.2. The average Bonchev–Trinajstić information content (AvgIpc) is 2.95. The predicted octanol–water partition coefficient (Wildman–Crippen LogP) is 1.47. The molecule has 2 heterocycles. The van der Waals surface area contributed by atoms with Crippen LogP contribution in [0.1, 0.15) is 5.69 Å². The summed E-state index contributed by atoms with van der Waals surface area (Å²) >= 11 is 0. The number of nitrogens with zero attached hydrogens (tertiary/aromatic N) is 4. The van der Waals surface area contributed by atoms with Crippen LogP contribution >= 0.6 is 0 Å². The van der Waals surface area contributed by atoms with Crippen LogP contribution < -0.4 is 4.74 Å². The molecule has 0 saturated heterocycles. The molecule has 0 unspecified atom stereocenters. The zero-order chi connectivity index (χ0) is 14.8. The third-order valence-electron chi connectivity index (χ3n) is 3.04. The number of carbonyl (C=O) groups is 1. The van der Waals surface area contributed by atoms with Crippen molar-refractivity contribution in [3.8, 4) is 5.75 Å². The molecule has 0 aliphatic rings. The first-order valence-corrected chi connectivity index (χ1v) is 6.17. The molecule has 2 aromatic heterocycles. The molecule has 3 aromatic rings. The number of hydrogen-bond acceptors (Lipinski definition) is 6. The third kappa shape index (κ3) is 2.29. The van der Waals surface area contributed by atoms with Gasteiger partial charge in [0.05, 0.1) is 19.7 Å². The van der Waals surface area contributed by atoms with Gasteiger partial charge in [-0.05, 0) is 24.3 Å². The molecule has 106 valence electrons. The van der Waals surface area contributed by atoms with Gasteiger partial charge in [0.1, 0.15) is 11.4 Å². The van der Waals surface area contributed by atoms with Crippen LogP contribution in [0, 0.1) is 0 Å². The van der Waals surface area contributed by atoms with Crippen molar-refractivity contribution >= 4 is 28.6 Å². The molecular formula is C14H12N4O3. The quantitative estimate of drug-likeness (QED) is 0.535. The molecule has 0 radical (unpaired) electrons. The first kappa shape index (κ1) is 13.0. The Balaban J connectivity index is 2.13. The van der Waals surface area contributed by atoms with Gasteiger partial charge in [0.15, 0.2) is 5.65 Å². The Bertz CT molecular complexity index is 854. The molecule has 0 aliphatic carbocycles. The van der Waals surface area contributed by atoms with Crippen molar-refractivity contribution < 1.29 is 14.3 Å². The Kier molecular flexibility index (Phi) is 3.23. The largest absolute Gasteiger partial charge is 0.497 e. The minimum atomic E-state index is -0.457.